The lowest BCUT2D eigenvalue weighted by Gasteiger charge is -2.31. The van der Waals surface area contributed by atoms with Gasteiger partial charge in [0.15, 0.2) is 0 Å². The van der Waals surface area contributed by atoms with Crippen LogP contribution in [0.15, 0.2) is 11.4 Å². The number of halogens is 1. The summed E-state index contributed by atoms with van der Waals surface area (Å²) in [5.41, 5.74) is 0.824. The number of piperidine rings is 1. The Morgan fingerprint density at radius 2 is 2.25 bits per heavy atom. The number of nitrogens with zero attached hydrogens (tertiary/aromatic N) is 1. The molecular weight excluding hydrogens is 337 g/mol. The third-order valence-corrected chi connectivity index (χ3v) is 4.67. The van der Waals surface area contributed by atoms with Crippen LogP contribution in [0, 0.1) is 2.88 Å². The van der Waals surface area contributed by atoms with Crippen molar-refractivity contribution < 1.29 is 9.53 Å². The number of thiophene rings is 1. The van der Waals surface area contributed by atoms with E-state index in [0.29, 0.717) is 6.10 Å². The minimum Gasteiger partial charge on any atom is -0.381 e. The Bertz CT molecular complexity index is 372. The smallest absolute Gasteiger partial charge is 0.254 e. The summed E-state index contributed by atoms with van der Waals surface area (Å²) in [6.07, 6.45) is 2.22. The second-order valence-corrected chi connectivity index (χ2v) is 6.67. The van der Waals surface area contributed by atoms with Crippen LogP contribution in [-0.4, -0.2) is 37.1 Å². The Labute approximate surface area is 113 Å². The second kappa shape index (κ2) is 5.46. The van der Waals surface area contributed by atoms with Crippen LogP contribution in [0.25, 0.3) is 0 Å². The molecule has 1 aromatic rings. The Balaban J connectivity index is 1.96. The molecule has 0 radical (unpaired) electrons. The van der Waals surface area contributed by atoms with Crippen LogP contribution < -0.4 is 0 Å². The lowest BCUT2D eigenvalue weighted by molar-refractivity contribution is 0.0351. The highest BCUT2D eigenvalue weighted by molar-refractivity contribution is 14.1. The van der Waals surface area contributed by atoms with E-state index >= 15 is 0 Å². The zero-order valence-electron chi connectivity index (χ0n) is 9.11. The van der Waals surface area contributed by atoms with Gasteiger partial charge in [0, 0.05) is 25.6 Å². The summed E-state index contributed by atoms with van der Waals surface area (Å²) in [6, 6.07) is 1.95. The SMILES string of the molecule is COC1CCN(C(=O)c2csc(I)c2)CC1. The van der Waals surface area contributed by atoms with Crippen LogP contribution in [0.5, 0.6) is 0 Å². The van der Waals surface area contributed by atoms with Crippen molar-refractivity contribution in [2.45, 2.75) is 18.9 Å². The standard InChI is InChI=1S/C11H14INO2S/c1-15-9-2-4-13(5-3-9)11(14)8-6-10(12)16-7-8/h6-7,9H,2-5H2,1H3. The highest BCUT2D eigenvalue weighted by Gasteiger charge is 2.23. The molecule has 2 heterocycles. The number of amides is 1. The number of hydrogen-bond acceptors (Lipinski definition) is 3. The third kappa shape index (κ3) is 2.75. The molecule has 2 rings (SSSR count). The summed E-state index contributed by atoms with van der Waals surface area (Å²) in [6.45, 7) is 1.62. The molecule has 16 heavy (non-hydrogen) atoms. The molecule has 88 valence electrons. The molecule has 0 atom stereocenters. The summed E-state index contributed by atoms with van der Waals surface area (Å²) >= 11 is 3.86. The molecular formula is C11H14INO2S. The van der Waals surface area contributed by atoms with Crippen molar-refractivity contribution in [2.24, 2.45) is 0 Å². The van der Waals surface area contributed by atoms with E-state index in [0.717, 1.165) is 34.4 Å². The van der Waals surface area contributed by atoms with Crippen molar-refractivity contribution >= 4 is 39.8 Å². The summed E-state index contributed by atoms with van der Waals surface area (Å²) in [5.74, 6) is 0.161. The minimum atomic E-state index is 0.161. The van der Waals surface area contributed by atoms with Gasteiger partial charge in [0.1, 0.15) is 0 Å². The average Bonchev–Trinajstić information content (AvgIpc) is 2.75. The van der Waals surface area contributed by atoms with E-state index in [4.69, 9.17) is 4.74 Å². The van der Waals surface area contributed by atoms with Crippen molar-refractivity contribution in [3.63, 3.8) is 0 Å². The lowest BCUT2D eigenvalue weighted by Crippen LogP contribution is -2.40. The van der Waals surface area contributed by atoms with Gasteiger partial charge in [-0.05, 0) is 41.5 Å². The molecule has 0 aliphatic carbocycles. The first-order chi connectivity index (χ1) is 7.70. The van der Waals surface area contributed by atoms with E-state index in [1.807, 2.05) is 16.3 Å². The highest BCUT2D eigenvalue weighted by Crippen LogP contribution is 2.20. The van der Waals surface area contributed by atoms with Gasteiger partial charge in [0.2, 0.25) is 0 Å². The van der Waals surface area contributed by atoms with Crippen LogP contribution in [0.2, 0.25) is 0 Å². The number of likely N-dealkylation sites (tertiary alicyclic amines) is 1. The van der Waals surface area contributed by atoms with Crippen molar-refractivity contribution in [3.05, 3.63) is 19.9 Å². The molecule has 1 saturated heterocycles. The van der Waals surface area contributed by atoms with Gasteiger partial charge in [-0.25, -0.2) is 0 Å². The molecule has 1 aliphatic rings. The van der Waals surface area contributed by atoms with Gasteiger partial charge in [-0.1, -0.05) is 0 Å². The van der Waals surface area contributed by atoms with Crippen molar-refractivity contribution in [2.75, 3.05) is 20.2 Å². The first kappa shape index (κ1) is 12.3. The second-order valence-electron chi connectivity index (χ2n) is 3.87. The van der Waals surface area contributed by atoms with E-state index < -0.39 is 0 Å². The quantitative estimate of drug-likeness (QED) is 0.767. The molecule has 0 unspecified atom stereocenters. The maximum absolute atomic E-state index is 12.1. The molecule has 5 heteroatoms. The molecule has 1 fully saturated rings. The fourth-order valence-electron chi connectivity index (χ4n) is 1.90. The van der Waals surface area contributed by atoms with Gasteiger partial charge >= 0.3 is 0 Å². The largest absolute Gasteiger partial charge is 0.381 e. The zero-order valence-corrected chi connectivity index (χ0v) is 12.1. The lowest BCUT2D eigenvalue weighted by atomic mass is 10.1. The minimum absolute atomic E-state index is 0.161. The van der Waals surface area contributed by atoms with Gasteiger partial charge < -0.3 is 9.64 Å². The Hall–Kier alpha value is -0.140. The van der Waals surface area contributed by atoms with Gasteiger partial charge in [0.05, 0.1) is 14.6 Å². The number of carbonyl (C=O) groups is 1. The topological polar surface area (TPSA) is 29.5 Å². The van der Waals surface area contributed by atoms with E-state index in [9.17, 15) is 4.79 Å². The van der Waals surface area contributed by atoms with Crippen LogP contribution in [0.1, 0.15) is 23.2 Å². The number of methoxy groups -OCH3 is 1. The summed E-state index contributed by atoms with van der Waals surface area (Å²) in [7, 11) is 1.74. The van der Waals surface area contributed by atoms with Crippen LogP contribution in [0.4, 0.5) is 0 Å². The molecule has 0 saturated carbocycles. The van der Waals surface area contributed by atoms with Gasteiger partial charge in [-0.2, -0.15) is 0 Å². The Morgan fingerprint density at radius 3 is 2.75 bits per heavy atom. The maximum atomic E-state index is 12.1. The first-order valence-electron chi connectivity index (χ1n) is 5.27. The number of carbonyl (C=O) groups excluding carboxylic acids is 1. The molecule has 0 N–H and O–H groups in total. The Kier molecular flexibility index (Phi) is 4.21. The summed E-state index contributed by atoms with van der Waals surface area (Å²) < 4.78 is 6.45. The number of rotatable bonds is 2. The van der Waals surface area contributed by atoms with E-state index in [1.165, 1.54) is 0 Å². The summed E-state index contributed by atoms with van der Waals surface area (Å²) in [5, 5.41) is 1.94. The normalized spacial score (nSPS) is 17.8. The van der Waals surface area contributed by atoms with E-state index in [1.54, 1.807) is 18.4 Å². The molecule has 0 spiro atoms. The van der Waals surface area contributed by atoms with E-state index in [2.05, 4.69) is 22.6 Å². The first-order valence-corrected chi connectivity index (χ1v) is 7.22. The zero-order chi connectivity index (χ0) is 11.5. The predicted molar refractivity (Wildman–Crippen MR) is 73.0 cm³/mol. The molecule has 1 amide bonds. The monoisotopic (exact) mass is 351 g/mol. The summed E-state index contributed by atoms with van der Waals surface area (Å²) in [4.78, 5) is 14.0. The van der Waals surface area contributed by atoms with E-state index in [-0.39, 0.29) is 5.91 Å². The van der Waals surface area contributed by atoms with Gasteiger partial charge in [-0.15, -0.1) is 11.3 Å². The molecule has 1 aliphatic heterocycles. The number of ether oxygens (including phenoxy) is 1. The van der Waals surface area contributed by atoms with Crippen molar-refractivity contribution in [1.82, 2.24) is 4.90 Å². The third-order valence-electron chi connectivity index (χ3n) is 2.88. The van der Waals surface area contributed by atoms with Crippen molar-refractivity contribution in [1.29, 1.82) is 0 Å². The van der Waals surface area contributed by atoms with Crippen LogP contribution in [0.3, 0.4) is 0 Å². The number of hydrogen-bond donors (Lipinski definition) is 0. The molecule has 0 aromatic carbocycles. The van der Waals surface area contributed by atoms with Crippen LogP contribution in [-0.2, 0) is 4.74 Å². The van der Waals surface area contributed by atoms with Gasteiger partial charge in [0.25, 0.3) is 5.91 Å². The molecule has 1 aromatic heterocycles. The van der Waals surface area contributed by atoms with Gasteiger partial charge in [-0.3, -0.25) is 4.79 Å². The van der Waals surface area contributed by atoms with Crippen molar-refractivity contribution in [3.8, 4) is 0 Å². The maximum Gasteiger partial charge on any atom is 0.254 e. The fraction of sp³-hybridized carbons (Fsp3) is 0.545. The highest BCUT2D eigenvalue weighted by atomic mass is 127. The fourth-order valence-corrected chi connectivity index (χ4v) is 3.22. The average molecular weight is 351 g/mol. The Morgan fingerprint density at radius 1 is 1.56 bits per heavy atom. The molecule has 0 bridgehead atoms. The predicted octanol–water partition coefficient (Wildman–Crippen LogP) is 2.60. The molecule has 3 nitrogen and oxygen atoms in total. The van der Waals surface area contributed by atoms with Crippen LogP contribution >= 0.6 is 33.9 Å².